The van der Waals surface area contributed by atoms with Crippen LogP contribution in [0.3, 0.4) is 0 Å². The average molecular weight is 422 g/mol. The molecule has 1 atom stereocenters. The number of carbonyl (C=O) groups is 2. The lowest BCUT2D eigenvalue weighted by Gasteiger charge is -2.72. The summed E-state index contributed by atoms with van der Waals surface area (Å²) in [5.41, 5.74) is 0.395. The number of nitrogens with one attached hydrogen (secondary N) is 2. The zero-order chi connectivity index (χ0) is 20.1. The Balaban J connectivity index is 1.34. The lowest BCUT2D eigenvalue weighted by atomic mass is 9.36. The first-order valence-electron chi connectivity index (χ1n) is 8.93. The first kappa shape index (κ1) is 19.2. The van der Waals surface area contributed by atoms with Crippen LogP contribution in [-0.4, -0.2) is 22.3 Å². The normalized spacial score (nSPS) is 25.9. The summed E-state index contributed by atoms with van der Waals surface area (Å²) in [7, 11) is 0. The Morgan fingerprint density at radius 3 is 2.36 bits per heavy atom. The molecule has 2 aromatic rings. The van der Waals surface area contributed by atoms with Gasteiger partial charge in [0.15, 0.2) is 0 Å². The SMILES string of the molecule is CC(C(=O)Nc1ccc(F)cc1)C12CC(NC(=O)c3ccc(Cl)c(Cl)n3)(C1)C2. The van der Waals surface area contributed by atoms with Gasteiger partial charge >= 0.3 is 0 Å². The minimum Gasteiger partial charge on any atom is -0.345 e. The second-order valence-electron chi connectivity index (χ2n) is 7.81. The summed E-state index contributed by atoms with van der Waals surface area (Å²) in [5, 5.41) is 6.24. The van der Waals surface area contributed by atoms with Crippen molar-refractivity contribution in [1.82, 2.24) is 10.3 Å². The number of benzene rings is 1. The van der Waals surface area contributed by atoms with E-state index in [0.717, 1.165) is 19.3 Å². The van der Waals surface area contributed by atoms with Crippen molar-refractivity contribution in [2.45, 2.75) is 31.7 Å². The number of amides is 2. The predicted molar refractivity (Wildman–Crippen MR) is 105 cm³/mol. The van der Waals surface area contributed by atoms with E-state index in [1.165, 1.54) is 36.4 Å². The van der Waals surface area contributed by atoms with E-state index >= 15 is 0 Å². The third-order valence-electron chi connectivity index (χ3n) is 5.91. The van der Waals surface area contributed by atoms with Crippen LogP contribution >= 0.6 is 23.2 Å². The second-order valence-corrected chi connectivity index (χ2v) is 8.58. The zero-order valence-corrected chi connectivity index (χ0v) is 16.6. The molecule has 3 aliphatic carbocycles. The van der Waals surface area contributed by atoms with Crippen molar-refractivity contribution in [3.63, 3.8) is 0 Å². The molecule has 2 N–H and O–H groups in total. The molecule has 146 valence electrons. The summed E-state index contributed by atoms with van der Waals surface area (Å²) >= 11 is 11.7. The van der Waals surface area contributed by atoms with Crippen LogP contribution in [0.5, 0.6) is 0 Å². The maximum Gasteiger partial charge on any atom is 0.270 e. The van der Waals surface area contributed by atoms with Gasteiger partial charge in [-0.2, -0.15) is 0 Å². The molecule has 5 nitrogen and oxygen atoms in total. The average Bonchev–Trinajstić information content (AvgIpc) is 2.60. The summed E-state index contributed by atoms with van der Waals surface area (Å²) in [4.78, 5) is 29.0. The van der Waals surface area contributed by atoms with Gasteiger partial charge < -0.3 is 10.6 Å². The van der Waals surface area contributed by atoms with Crippen molar-refractivity contribution in [2.75, 3.05) is 5.32 Å². The first-order valence-corrected chi connectivity index (χ1v) is 9.69. The Morgan fingerprint density at radius 2 is 1.75 bits per heavy atom. The van der Waals surface area contributed by atoms with Crippen molar-refractivity contribution in [1.29, 1.82) is 0 Å². The molecule has 3 aliphatic rings. The maximum absolute atomic E-state index is 13.0. The van der Waals surface area contributed by atoms with Crippen molar-refractivity contribution >= 4 is 40.7 Å². The van der Waals surface area contributed by atoms with Gasteiger partial charge in [-0.25, -0.2) is 9.37 Å². The van der Waals surface area contributed by atoms with Gasteiger partial charge in [-0.05, 0) is 61.1 Å². The second kappa shape index (κ2) is 6.71. The third-order valence-corrected chi connectivity index (χ3v) is 6.60. The lowest BCUT2D eigenvalue weighted by Crippen LogP contribution is -2.77. The standard InChI is InChI=1S/C20H18Cl2FN3O2/c1-11(17(27)24-13-4-2-12(23)3-5-13)19-8-20(9-19,10-19)26-18(28)15-7-6-14(21)16(22)25-15/h2-7,11H,8-10H2,1H3,(H,24,27)(H,26,28). The van der Waals surface area contributed by atoms with Gasteiger partial charge in [-0.15, -0.1) is 0 Å². The van der Waals surface area contributed by atoms with Crippen LogP contribution < -0.4 is 10.6 Å². The summed E-state index contributed by atoms with van der Waals surface area (Å²) in [6, 6.07) is 8.76. The summed E-state index contributed by atoms with van der Waals surface area (Å²) < 4.78 is 13.0. The molecule has 3 fully saturated rings. The van der Waals surface area contributed by atoms with Gasteiger partial charge in [0.05, 0.1) is 5.02 Å². The highest BCUT2D eigenvalue weighted by atomic mass is 35.5. The summed E-state index contributed by atoms with van der Waals surface area (Å²) in [5.74, 6) is -0.952. The molecule has 2 amide bonds. The topological polar surface area (TPSA) is 71.1 Å². The number of hydrogen-bond acceptors (Lipinski definition) is 3. The highest BCUT2D eigenvalue weighted by Crippen LogP contribution is 2.70. The smallest absolute Gasteiger partial charge is 0.270 e. The van der Waals surface area contributed by atoms with E-state index in [0.29, 0.717) is 10.7 Å². The van der Waals surface area contributed by atoms with E-state index in [9.17, 15) is 14.0 Å². The molecule has 28 heavy (non-hydrogen) atoms. The Morgan fingerprint density at radius 1 is 1.11 bits per heavy atom. The Kier molecular flexibility index (Phi) is 4.59. The van der Waals surface area contributed by atoms with E-state index in [4.69, 9.17) is 23.2 Å². The summed E-state index contributed by atoms with van der Waals surface area (Å²) in [6.45, 7) is 1.89. The van der Waals surface area contributed by atoms with Crippen LogP contribution in [0.15, 0.2) is 36.4 Å². The van der Waals surface area contributed by atoms with Gasteiger partial charge in [-0.3, -0.25) is 9.59 Å². The molecule has 0 saturated heterocycles. The largest absolute Gasteiger partial charge is 0.345 e. The highest BCUT2D eigenvalue weighted by Gasteiger charge is 2.71. The van der Waals surface area contributed by atoms with Crippen LogP contribution in [0.25, 0.3) is 0 Å². The minimum atomic E-state index is -0.348. The van der Waals surface area contributed by atoms with Crippen molar-refractivity contribution in [2.24, 2.45) is 11.3 Å². The molecule has 1 aromatic carbocycles. The number of nitrogens with zero attached hydrogens (tertiary/aromatic N) is 1. The minimum absolute atomic E-state index is 0.0921. The molecule has 0 aliphatic heterocycles. The fourth-order valence-electron chi connectivity index (χ4n) is 4.37. The molecule has 8 heteroatoms. The van der Waals surface area contributed by atoms with Gasteiger partial charge in [-0.1, -0.05) is 30.1 Å². The van der Waals surface area contributed by atoms with Crippen molar-refractivity contribution in [3.05, 3.63) is 58.1 Å². The lowest BCUT2D eigenvalue weighted by molar-refractivity contribution is -0.184. The van der Waals surface area contributed by atoms with Crippen LogP contribution in [0.1, 0.15) is 36.7 Å². The molecule has 1 heterocycles. The molecule has 2 bridgehead atoms. The first-order chi connectivity index (χ1) is 13.2. The number of anilines is 1. The fourth-order valence-corrected chi connectivity index (χ4v) is 4.63. The van der Waals surface area contributed by atoms with Crippen LogP contribution in [0, 0.1) is 17.2 Å². The third kappa shape index (κ3) is 3.25. The van der Waals surface area contributed by atoms with Gasteiger partial charge in [0.25, 0.3) is 5.91 Å². The van der Waals surface area contributed by atoms with E-state index in [1.54, 1.807) is 0 Å². The zero-order valence-electron chi connectivity index (χ0n) is 15.1. The predicted octanol–water partition coefficient (Wildman–Crippen LogP) is 4.45. The number of pyridine rings is 1. The number of aromatic nitrogens is 1. The Bertz CT molecular complexity index is 945. The molecule has 1 aromatic heterocycles. The van der Waals surface area contributed by atoms with E-state index in [2.05, 4.69) is 15.6 Å². The van der Waals surface area contributed by atoms with Crippen LogP contribution in [0.4, 0.5) is 10.1 Å². The molecule has 3 saturated carbocycles. The molecule has 0 spiro atoms. The molecule has 5 rings (SSSR count). The van der Waals surface area contributed by atoms with Gasteiger partial charge in [0.1, 0.15) is 16.7 Å². The number of hydrogen-bond donors (Lipinski definition) is 2. The quantitative estimate of drug-likeness (QED) is 0.700. The molecular weight excluding hydrogens is 404 g/mol. The highest BCUT2D eigenvalue weighted by molar-refractivity contribution is 6.41. The monoisotopic (exact) mass is 421 g/mol. The number of carbonyl (C=O) groups excluding carboxylic acids is 2. The molecular formula is C20H18Cl2FN3O2. The fraction of sp³-hybridized carbons (Fsp3) is 0.350. The van der Waals surface area contributed by atoms with E-state index in [-0.39, 0.29) is 45.4 Å². The van der Waals surface area contributed by atoms with Crippen molar-refractivity contribution < 1.29 is 14.0 Å². The Hall–Kier alpha value is -2.18. The maximum atomic E-state index is 13.0. The Labute approximate surface area is 171 Å². The van der Waals surface area contributed by atoms with Gasteiger partial charge in [0, 0.05) is 17.1 Å². The number of halogens is 3. The molecule has 0 radical (unpaired) electrons. The van der Waals surface area contributed by atoms with E-state index in [1.807, 2.05) is 6.92 Å². The van der Waals surface area contributed by atoms with Crippen molar-refractivity contribution in [3.8, 4) is 0 Å². The van der Waals surface area contributed by atoms with Crippen LogP contribution in [-0.2, 0) is 4.79 Å². The number of rotatable bonds is 5. The van der Waals surface area contributed by atoms with Gasteiger partial charge in [0.2, 0.25) is 5.91 Å². The molecule has 1 unspecified atom stereocenters. The van der Waals surface area contributed by atoms with E-state index < -0.39 is 0 Å². The van der Waals surface area contributed by atoms with Crippen LogP contribution in [0.2, 0.25) is 10.2 Å². The summed E-state index contributed by atoms with van der Waals surface area (Å²) in [6.07, 6.45) is 2.22.